The van der Waals surface area contributed by atoms with Gasteiger partial charge < -0.3 is 0 Å². The Bertz CT molecular complexity index is 639. The van der Waals surface area contributed by atoms with Crippen LogP contribution in [0.25, 0.3) is 0 Å². The van der Waals surface area contributed by atoms with Gasteiger partial charge in [-0.1, -0.05) is 19.8 Å². The second-order valence-corrected chi connectivity index (χ2v) is 6.11. The highest BCUT2D eigenvalue weighted by Crippen LogP contribution is 2.16. The molecular weight excluding hydrogens is 370 g/mol. The number of rotatable bonds is 16. The predicted octanol–water partition coefficient (Wildman–Crippen LogP) is 4.50. The lowest BCUT2D eigenvalue weighted by atomic mass is 10.1. The molecule has 0 heterocycles. The molecule has 0 aliphatic heterocycles. The largest absolute Gasteiger partial charge is 0.291 e. The Kier molecular flexibility index (Phi) is 13.6. The van der Waals surface area contributed by atoms with Crippen LogP contribution in [-0.2, 0) is 4.79 Å². The van der Waals surface area contributed by atoms with Crippen LogP contribution in [0.5, 0.6) is 0 Å². The Morgan fingerprint density at radius 3 is 1.82 bits per heavy atom. The van der Waals surface area contributed by atoms with Gasteiger partial charge in [0, 0.05) is 12.8 Å². The number of hydrogen-bond donors (Lipinski definition) is 0. The van der Waals surface area contributed by atoms with Gasteiger partial charge in [-0.3, -0.25) is 35.1 Å². The smallest absolute Gasteiger partial charge is 0.246 e. The van der Waals surface area contributed by atoms with Crippen molar-refractivity contribution in [2.75, 3.05) is 0 Å². The quantitative estimate of drug-likeness (QED) is 0.212. The van der Waals surface area contributed by atoms with Crippen LogP contribution in [0.2, 0.25) is 0 Å². The van der Waals surface area contributed by atoms with Crippen molar-refractivity contribution in [3.63, 3.8) is 0 Å². The van der Waals surface area contributed by atoms with Crippen molar-refractivity contribution in [1.82, 2.24) is 0 Å². The van der Waals surface area contributed by atoms with Gasteiger partial charge in [-0.05, 0) is 43.9 Å². The summed E-state index contributed by atoms with van der Waals surface area (Å²) in [7, 11) is 0. The summed E-state index contributed by atoms with van der Waals surface area (Å²) in [6.45, 7) is 2.01. The third-order valence-electron chi connectivity index (χ3n) is 3.95. The minimum Gasteiger partial charge on any atom is -0.291 e. The van der Waals surface area contributed by atoms with Crippen LogP contribution >= 0.6 is 0 Å². The molecule has 155 valence electrons. The van der Waals surface area contributed by atoms with Crippen molar-refractivity contribution < 1.29 is 19.6 Å². The van der Waals surface area contributed by atoms with Gasteiger partial charge in [-0.25, -0.2) is 0 Å². The molecule has 0 bridgehead atoms. The average molecular weight is 396 g/mol. The molecule has 0 rings (SSSR count). The SMILES string of the molecule is CCCCCC=C(CC=C(CC=C(CCCC[C]=O)[N+](=O)[O-])[N+](=O)[O-])[N+](=O)[O-]. The summed E-state index contributed by atoms with van der Waals surface area (Å²) in [6.07, 6.45) is 9.27. The molecule has 0 saturated heterocycles. The van der Waals surface area contributed by atoms with Crippen LogP contribution in [0.15, 0.2) is 35.3 Å². The highest BCUT2D eigenvalue weighted by Gasteiger charge is 2.17. The lowest BCUT2D eigenvalue weighted by molar-refractivity contribution is -0.434. The molecule has 0 aromatic heterocycles. The molecule has 1 radical (unpaired) electrons. The van der Waals surface area contributed by atoms with Crippen molar-refractivity contribution in [1.29, 1.82) is 0 Å². The van der Waals surface area contributed by atoms with E-state index < -0.39 is 14.8 Å². The first kappa shape index (κ1) is 25.1. The van der Waals surface area contributed by atoms with E-state index in [-0.39, 0.29) is 42.8 Å². The predicted molar refractivity (Wildman–Crippen MR) is 103 cm³/mol. The summed E-state index contributed by atoms with van der Waals surface area (Å²) in [5, 5.41) is 33.3. The molecule has 0 aromatic rings. The molecule has 0 amide bonds. The number of hydrogen-bond acceptors (Lipinski definition) is 7. The Morgan fingerprint density at radius 2 is 1.32 bits per heavy atom. The molecule has 0 unspecified atom stereocenters. The van der Waals surface area contributed by atoms with Crippen LogP contribution < -0.4 is 0 Å². The molecule has 28 heavy (non-hydrogen) atoms. The van der Waals surface area contributed by atoms with Crippen LogP contribution in [0.1, 0.15) is 71.1 Å². The molecule has 0 spiro atoms. The molecule has 0 fully saturated rings. The zero-order chi connectivity index (χ0) is 21.4. The second kappa shape index (κ2) is 15.2. The monoisotopic (exact) mass is 396 g/mol. The van der Waals surface area contributed by atoms with Gasteiger partial charge in [0.2, 0.25) is 17.1 Å². The maximum absolute atomic E-state index is 11.2. The first-order valence-electron chi connectivity index (χ1n) is 9.18. The number of unbranched alkanes of at least 4 members (excludes halogenated alkanes) is 5. The second-order valence-electron chi connectivity index (χ2n) is 6.11. The number of nitrogens with zero attached hydrogens (tertiary/aromatic N) is 3. The Balaban J connectivity index is 5.09. The minimum absolute atomic E-state index is 0.0805. The molecule has 10 heteroatoms. The highest BCUT2D eigenvalue weighted by molar-refractivity contribution is 5.50. The van der Waals surface area contributed by atoms with E-state index in [1.807, 2.05) is 6.92 Å². The molecule has 10 nitrogen and oxygen atoms in total. The van der Waals surface area contributed by atoms with Crippen LogP contribution in [0.4, 0.5) is 0 Å². The van der Waals surface area contributed by atoms with Gasteiger partial charge in [0.1, 0.15) is 0 Å². The lowest BCUT2D eigenvalue weighted by Gasteiger charge is -1.99. The maximum atomic E-state index is 11.2. The summed E-state index contributed by atoms with van der Waals surface area (Å²) in [5.74, 6) is 0. The van der Waals surface area contributed by atoms with E-state index in [1.54, 1.807) is 6.29 Å². The van der Waals surface area contributed by atoms with E-state index in [1.165, 1.54) is 6.08 Å². The lowest BCUT2D eigenvalue weighted by Crippen LogP contribution is -2.04. The first-order chi connectivity index (χ1) is 13.3. The summed E-state index contributed by atoms with van der Waals surface area (Å²) >= 11 is 0. The van der Waals surface area contributed by atoms with Gasteiger partial charge in [-0.2, -0.15) is 0 Å². The van der Waals surface area contributed by atoms with E-state index in [9.17, 15) is 35.1 Å². The fourth-order valence-corrected chi connectivity index (χ4v) is 2.34. The van der Waals surface area contributed by atoms with Crippen LogP contribution in [0.3, 0.4) is 0 Å². The van der Waals surface area contributed by atoms with E-state index in [2.05, 4.69) is 0 Å². The van der Waals surface area contributed by atoms with Gasteiger partial charge in [-0.15, -0.1) is 0 Å². The van der Waals surface area contributed by atoms with Gasteiger partial charge in [0.25, 0.3) is 0 Å². The normalized spacial score (nSPS) is 12.7. The molecule has 0 aromatic carbocycles. The summed E-state index contributed by atoms with van der Waals surface area (Å²) in [5.41, 5.74) is -0.635. The van der Waals surface area contributed by atoms with Crippen molar-refractivity contribution in [3.05, 3.63) is 65.7 Å². The molecule has 0 aliphatic carbocycles. The van der Waals surface area contributed by atoms with E-state index >= 15 is 0 Å². The maximum Gasteiger partial charge on any atom is 0.246 e. The van der Waals surface area contributed by atoms with Crippen LogP contribution in [0, 0.1) is 30.3 Å². The van der Waals surface area contributed by atoms with Gasteiger partial charge in [0.05, 0.1) is 27.6 Å². The average Bonchev–Trinajstić information content (AvgIpc) is 2.63. The molecule has 0 N–H and O–H groups in total. The van der Waals surface area contributed by atoms with Crippen molar-refractivity contribution >= 4 is 6.29 Å². The zero-order valence-electron chi connectivity index (χ0n) is 16.0. The molecular formula is C18H26N3O7. The Morgan fingerprint density at radius 1 is 0.786 bits per heavy atom. The minimum atomic E-state index is -0.690. The number of nitro groups is 3. The number of allylic oxidation sites excluding steroid dienone is 4. The fourth-order valence-electron chi connectivity index (χ4n) is 2.34. The fraction of sp³-hybridized carbons (Fsp3) is 0.611. The van der Waals surface area contributed by atoms with Gasteiger partial charge in [0.15, 0.2) is 6.29 Å². The first-order valence-corrected chi connectivity index (χ1v) is 9.18. The molecule has 0 atom stereocenters. The van der Waals surface area contributed by atoms with Crippen LogP contribution in [-0.4, -0.2) is 21.1 Å². The topological polar surface area (TPSA) is 146 Å². The van der Waals surface area contributed by atoms with E-state index in [0.29, 0.717) is 19.3 Å². The molecule has 0 aliphatic rings. The summed E-state index contributed by atoms with van der Waals surface area (Å²) in [4.78, 5) is 41.6. The van der Waals surface area contributed by atoms with Crippen molar-refractivity contribution in [3.8, 4) is 0 Å². The molecule has 0 saturated carbocycles. The zero-order valence-corrected chi connectivity index (χ0v) is 16.0. The van der Waals surface area contributed by atoms with E-state index in [4.69, 9.17) is 0 Å². The van der Waals surface area contributed by atoms with Gasteiger partial charge >= 0.3 is 0 Å². The third-order valence-corrected chi connectivity index (χ3v) is 3.95. The van der Waals surface area contributed by atoms with Crippen molar-refractivity contribution in [2.45, 2.75) is 71.1 Å². The number of carbonyl (C=O) groups excluding carboxylic acids is 1. The third kappa shape index (κ3) is 11.7. The standard InChI is InChI=1S/C18H26N3O7/c1-2-3-4-6-9-16(19(23)24)11-13-18(21(27)28)14-12-17(20(25)26)10-7-5-8-15-22/h9,12-13H,2-8,10-11,14H2,1H3. The Labute approximate surface area is 163 Å². The van der Waals surface area contributed by atoms with Crippen molar-refractivity contribution in [2.24, 2.45) is 0 Å². The van der Waals surface area contributed by atoms with E-state index in [0.717, 1.165) is 31.4 Å². The summed E-state index contributed by atoms with van der Waals surface area (Å²) in [6, 6.07) is 0. The Hall–Kier alpha value is -2.91. The highest BCUT2D eigenvalue weighted by atomic mass is 16.6. The summed E-state index contributed by atoms with van der Waals surface area (Å²) < 4.78 is 0.